The molecule has 0 spiro atoms. The van der Waals surface area contributed by atoms with E-state index >= 15 is 0 Å². The third-order valence-electron chi connectivity index (χ3n) is 7.94. The fourth-order valence-electron chi connectivity index (χ4n) is 5.15. The number of ether oxygens (including phenoxy) is 5. The number of unbranched alkanes of at least 4 members (excludes halogenated alkanes) is 21. The van der Waals surface area contributed by atoms with Gasteiger partial charge in [-0.2, -0.15) is 0 Å². The SMILES string of the molecule is CCCCCCCCCCCCCCCCCCOC(=O)CCCOCCOCCOCCOCCCCCCCCC. The summed E-state index contributed by atoms with van der Waals surface area (Å²) in [4.78, 5) is 11.9. The molecule has 0 aliphatic rings. The Morgan fingerprint density at radius 3 is 0.977 bits per heavy atom. The largest absolute Gasteiger partial charge is 0.466 e. The molecule has 6 heteroatoms. The van der Waals surface area contributed by atoms with Gasteiger partial charge in [-0.3, -0.25) is 4.79 Å². The Bertz CT molecular complexity index is 515. The summed E-state index contributed by atoms with van der Waals surface area (Å²) in [5.74, 6) is -0.107. The minimum atomic E-state index is -0.107. The van der Waals surface area contributed by atoms with Gasteiger partial charge in [-0.25, -0.2) is 0 Å². The fraction of sp³-hybridized carbons (Fsp3) is 0.973. The predicted octanol–water partition coefficient (Wildman–Crippen LogP) is 10.4. The highest BCUT2D eigenvalue weighted by molar-refractivity contribution is 5.69. The van der Waals surface area contributed by atoms with Crippen LogP contribution in [-0.2, 0) is 28.5 Å². The first-order valence-corrected chi connectivity index (χ1v) is 18.8. The van der Waals surface area contributed by atoms with Crippen molar-refractivity contribution in [3.63, 3.8) is 0 Å². The van der Waals surface area contributed by atoms with Crippen LogP contribution in [0, 0.1) is 0 Å². The van der Waals surface area contributed by atoms with Gasteiger partial charge in [0.2, 0.25) is 0 Å². The van der Waals surface area contributed by atoms with Crippen LogP contribution in [0.2, 0.25) is 0 Å². The highest BCUT2D eigenvalue weighted by Gasteiger charge is 2.03. The summed E-state index contributed by atoms with van der Waals surface area (Å²) in [6.45, 7) is 9.98. The number of carbonyl (C=O) groups excluding carboxylic acids is 1. The Morgan fingerprint density at radius 2 is 0.605 bits per heavy atom. The lowest BCUT2D eigenvalue weighted by atomic mass is 10.0. The van der Waals surface area contributed by atoms with E-state index in [0.29, 0.717) is 65.7 Å². The smallest absolute Gasteiger partial charge is 0.305 e. The molecule has 0 aliphatic carbocycles. The lowest BCUT2D eigenvalue weighted by molar-refractivity contribution is -0.144. The van der Waals surface area contributed by atoms with Gasteiger partial charge in [-0.15, -0.1) is 0 Å². The maximum absolute atomic E-state index is 11.9. The Morgan fingerprint density at radius 1 is 0.326 bits per heavy atom. The van der Waals surface area contributed by atoms with Gasteiger partial charge >= 0.3 is 5.97 Å². The maximum Gasteiger partial charge on any atom is 0.305 e. The molecular weight excluding hydrogens is 540 g/mol. The standard InChI is InChI=1S/C37H74O6/c1-3-5-7-9-11-12-13-14-15-16-17-18-19-21-23-25-30-43-37(38)27-26-29-40-32-34-42-36-35-41-33-31-39-28-24-22-20-10-8-6-4-2/h3-36H2,1-2H3. The zero-order chi connectivity index (χ0) is 31.2. The first kappa shape index (κ1) is 42.3. The van der Waals surface area contributed by atoms with Gasteiger partial charge in [-0.1, -0.05) is 149 Å². The van der Waals surface area contributed by atoms with Crippen molar-refractivity contribution < 1.29 is 28.5 Å². The fourth-order valence-corrected chi connectivity index (χ4v) is 5.15. The highest BCUT2D eigenvalue weighted by atomic mass is 16.6. The van der Waals surface area contributed by atoms with Gasteiger partial charge in [0.1, 0.15) is 0 Å². The van der Waals surface area contributed by atoms with Crippen molar-refractivity contribution in [2.75, 3.05) is 59.5 Å². The molecule has 0 N–H and O–H groups in total. The second-order valence-corrected chi connectivity index (χ2v) is 12.2. The van der Waals surface area contributed by atoms with Crippen LogP contribution in [-0.4, -0.2) is 65.4 Å². The second-order valence-electron chi connectivity index (χ2n) is 12.2. The van der Waals surface area contributed by atoms with Gasteiger partial charge in [-0.05, 0) is 19.3 Å². The quantitative estimate of drug-likeness (QED) is 0.0509. The molecule has 0 fully saturated rings. The topological polar surface area (TPSA) is 63.2 Å². The number of hydrogen-bond donors (Lipinski definition) is 0. The van der Waals surface area contributed by atoms with E-state index in [9.17, 15) is 4.79 Å². The van der Waals surface area contributed by atoms with Crippen LogP contribution >= 0.6 is 0 Å². The van der Waals surface area contributed by atoms with Crippen LogP contribution in [0.3, 0.4) is 0 Å². The lowest BCUT2D eigenvalue weighted by Crippen LogP contribution is -2.12. The van der Waals surface area contributed by atoms with Crippen LogP contribution in [0.15, 0.2) is 0 Å². The van der Waals surface area contributed by atoms with E-state index in [2.05, 4.69) is 13.8 Å². The van der Waals surface area contributed by atoms with Gasteiger partial charge in [0.15, 0.2) is 0 Å². The molecule has 0 aromatic carbocycles. The van der Waals surface area contributed by atoms with Crippen LogP contribution < -0.4 is 0 Å². The van der Waals surface area contributed by atoms with E-state index in [4.69, 9.17) is 23.7 Å². The monoisotopic (exact) mass is 615 g/mol. The number of rotatable bonds is 38. The van der Waals surface area contributed by atoms with Crippen molar-refractivity contribution in [2.45, 2.75) is 174 Å². The third-order valence-corrected chi connectivity index (χ3v) is 7.94. The van der Waals surface area contributed by atoms with Crippen molar-refractivity contribution >= 4 is 5.97 Å². The zero-order valence-electron chi connectivity index (χ0n) is 29.0. The van der Waals surface area contributed by atoms with E-state index in [1.807, 2.05) is 0 Å². The number of esters is 1. The molecule has 0 aromatic rings. The molecule has 0 unspecified atom stereocenters. The van der Waals surface area contributed by atoms with E-state index in [-0.39, 0.29) is 5.97 Å². The Hall–Kier alpha value is -0.690. The molecular formula is C37H74O6. The zero-order valence-corrected chi connectivity index (χ0v) is 29.0. The Kier molecular flexibility index (Phi) is 38.7. The first-order chi connectivity index (χ1) is 21.3. The van der Waals surface area contributed by atoms with Crippen molar-refractivity contribution in [1.29, 1.82) is 0 Å². The molecule has 0 heterocycles. The van der Waals surface area contributed by atoms with Crippen LogP contribution in [0.25, 0.3) is 0 Å². The van der Waals surface area contributed by atoms with E-state index < -0.39 is 0 Å². The molecule has 0 atom stereocenters. The summed E-state index contributed by atoms with van der Waals surface area (Å²) < 4.78 is 27.6. The van der Waals surface area contributed by atoms with E-state index in [1.165, 1.54) is 128 Å². The summed E-state index contributed by atoms with van der Waals surface area (Å²) >= 11 is 0. The molecule has 0 saturated heterocycles. The van der Waals surface area contributed by atoms with E-state index in [1.54, 1.807) is 0 Å². The van der Waals surface area contributed by atoms with Gasteiger partial charge in [0, 0.05) is 19.6 Å². The molecule has 43 heavy (non-hydrogen) atoms. The predicted molar refractivity (Wildman–Crippen MR) is 181 cm³/mol. The van der Waals surface area contributed by atoms with Gasteiger partial charge in [0.05, 0.1) is 46.2 Å². The summed E-state index contributed by atoms with van der Waals surface area (Å²) in [6, 6.07) is 0. The Labute approximate surface area is 268 Å². The van der Waals surface area contributed by atoms with Crippen molar-refractivity contribution in [1.82, 2.24) is 0 Å². The second kappa shape index (κ2) is 39.3. The lowest BCUT2D eigenvalue weighted by Gasteiger charge is -2.08. The molecule has 0 saturated carbocycles. The molecule has 0 rings (SSSR count). The number of carbonyl (C=O) groups is 1. The summed E-state index contributed by atoms with van der Waals surface area (Å²) in [7, 11) is 0. The molecule has 258 valence electrons. The minimum Gasteiger partial charge on any atom is -0.466 e. The molecule has 6 nitrogen and oxygen atoms in total. The van der Waals surface area contributed by atoms with E-state index in [0.717, 1.165) is 25.9 Å². The van der Waals surface area contributed by atoms with Crippen LogP contribution in [0.4, 0.5) is 0 Å². The molecule has 0 amide bonds. The van der Waals surface area contributed by atoms with Crippen molar-refractivity contribution in [2.24, 2.45) is 0 Å². The van der Waals surface area contributed by atoms with Gasteiger partial charge in [0.25, 0.3) is 0 Å². The molecule has 0 aliphatic heterocycles. The summed E-state index contributed by atoms with van der Waals surface area (Å²) in [5.41, 5.74) is 0. The first-order valence-electron chi connectivity index (χ1n) is 18.8. The normalized spacial score (nSPS) is 11.4. The summed E-state index contributed by atoms with van der Waals surface area (Å²) in [5, 5.41) is 0. The molecule has 0 aromatic heterocycles. The maximum atomic E-state index is 11.9. The number of hydrogen-bond acceptors (Lipinski definition) is 6. The summed E-state index contributed by atoms with van der Waals surface area (Å²) in [6.07, 6.45) is 31.9. The third kappa shape index (κ3) is 39.3. The van der Waals surface area contributed by atoms with Gasteiger partial charge < -0.3 is 23.7 Å². The minimum absolute atomic E-state index is 0.107. The van der Waals surface area contributed by atoms with Crippen molar-refractivity contribution in [3.8, 4) is 0 Å². The molecule has 0 radical (unpaired) electrons. The highest BCUT2D eigenvalue weighted by Crippen LogP contribution is 2.14. The average molecular weight is 615 g/mol. The Balaban J connectivity index is 3.14. The van der Waals surface area contributed by atoms with Crippen molar-refractivity contribution in [3.05, 3.63) is 0 Å². The van der Waals surface area contributed by atoms with Crippen LogP contribution in [0.1, 0.15) is 174 Å². The van der Waals surface area contributed by atoms with Crippen LogP contribution in [0.5, 0.6) is 0 Å². The molecule has 0 bridgehead atoms. The average Bonchev–Trinajstić information content (AvgIpc) is 3.01.